The molecule has 106 valence electrons. The molecule has 19 heavy (non-hydrogen) atoms. The van der Waals surface area contributed by atoms with E-state index in [0.717, 1.165) is 24.9 Å². The average molecular weight is 260 g/mol. The summed E-state index contributed by atoms with van der Waals surface area (Å²) in [6.45, 7) is 5.32. The summed E-state index contributed by atoms with van der Waals surface area (Å²) in [5, 5.41) is 0. The fourth-order valence-corrected chi connectivity index (χ4v) is 3.16. The Balaban J connectivity index is 1.75. The number of nitrogens with two attached hydrogens (primary N) is 1. The molecule has 0 spiro atoms. The second-order valence-corrected chi connectivity index (χ2v) is 6.30. The molecule has 1 saturated carbocycles. The van der Waals surface area contributed by atoms with Gasteiger partial charge in [0, 0.05) is 13.1 Å². The molecule has 0 aliphatic heterocycles. The third kappa shape index (κ3) is 4.63. The van der Waals surface area contributed by atoms with E-state index >= 15 is 0 Å². The molecule has 0 saturated heterocycles. The van der Waals surface area contributed by atoms with Crippen molar-refractivity contribution in [3.63, 3.8) is 0 Å². The SMILES string of the molecule is Cc1ccc(CN(C)CC2CCC(CN)CC2)cc1. The van der Waals surface area contributed by atoms with Crippen molar-refractivity contribution in [3.8, 4) is 0 Å². The van der Waals surface area contributed by atoms with Crippen LogP contribution in [0.4, 0.5) is 0 Å². The highest BCUT2D eigenvalue weighted by molar-refractivity contribution is 5.21. The zero-order valence-electron chi connectivity index (χ0n) is 12.4. The highest BCUT2D eigenvalue weighted by Crippen LogP contribution is 2.28. The molecule has 0 bridgehead atoms. The van der Waals surface area contributed by atoms with Crippen LogP contribution in [0.25, 0.3) is 0 Å². The first kappa shape index (κ1) is 14.5. The Kier molecular flexibility index (Phi) is 5.41. The zero-order chi connectivity index (χ0) is 13.7. The van der Waals surface area contributed by atoms with Gasteiger partial charge in [-0.1, -0.05) is 29.8 Å². The number of benzene rings is 1. The van der Waals surface area contributed by atoms with Crippen LogP contribution in [0, 0.1) is 18.8 Å². The summed E-state index contributed by atoms with van der Waals surface area (Å²) in [5.74, 6) is 1.66. The Bertz CT molecular complexity index is 363. The number of hydrogen-bond donors (Lipinski definition) is 1. The Morgan fingerprint density at radius 1 is 1.05 bits per heavy atom. The van der Waals surface area contributed by atoms with Crippen molar-refractivity contribution >= 4 is 0 Å². The predicted molar refractivity (Wildman–Crippen MR) is 82.0 cm³/mol. The fourth-order valence-electron chi connectivity index (χ4n) is 3.16. The van der Waals surface area contributed by atoms with Crippen molar-refractivity contribution in [2.24, 2.45) is 17.6 Å². The molecule has 1 fully saturated rings. The van der Waals surface area contributed by atoms with Crippen LogP contribution >= 0.6 is 0 Å². The van der Waals surface area contributed by atoms with E-state index < -0.39 is 0 Å². The van der Waals surface area contributed by atoms with E-state index in [1.807, 2.05) is 0 Å². The lowest BCUT2D eigenvalue weighted by Gasteiger charge is -2.30. The van der Waals surface area contributed by atoms with E-state index in [-0.39, 0.29) is 0 Å². The summed E-state index contributed by atoms with van der Waals surface area (Å²) < 4.78 is 0. The number of nitrogens with zero attached hydrogens (tertiary/aromatic N) is 1. The summed E-state index contributed by atoms with van der Waals surface area (Å²) in [7, 11) is 2.24. The molecule has 0 unspecified atom stereocenters. The Morgan fingerprint density at radius 2 is 1.63 bits per heavy atom. The normalized spacial score (nSPS) is 23.8. The second-order valence-electron chi connectivity index (χ2n) is 6.30. The Hall–Kier alpha value is -0.860. The van der Waals surface area contributed by atoms with Crippen LogP contribution in [-0.4, -0.2) is 25.0 Å². The van der Waals surface area contributed by atoms with E-state index in [0.29, 0.717) is 0 Å². The average Bonchev–Trinajstić information content (AvgIpc) is 2.42. The molecule has 2 N–H and O–H groups in total. The first-order chi connectivity index (χ1) is 9.17. The van der Waals surface area contributed by atoms with Crippen molar-refractivity contribution in [2.45, 2.75) is 39.2 Å². The van der Waals surface area contributed by atoms with Crippen LogP contribution in [0.15, 0.2) is 24.3 Å². The molecule has 1 aliphatic carbocycles. The van der Waals surface area contributed by atoms with Gasteiger partial charge in [-0.15, -0.1) is 0 Å². The van der Waals surface area contributed by atoms with Crippen molar-refractivity contribution in [1.29, 1.82) is 0 Å². The van der Waals surface area contributed by atoms with Gasteiger partial charge in [-0.05, 0) is 63.6 Å². The lowest BCUT2D eigenvalue weighted by atomic mass is 9.82. The van der Waals surface area contributed by atoms with Crippen molar-refractivity contribution in [1.82, 2.24) is 4.90 Å². The monoisotopic (exact) mass is 260 g/mol. The summed E-state index contributed by atoms with van der Waals surface area (Å²) in [6, 6.07) is 8.90. The minimum absolute atomic E-state index is 0.790. The molecule has 1 aromatic carbocycles. The van der Waals surface area contributed by atoms with E-state index in [9.17, 15) is 0 Å². The van der Waals surface area contributed by atoms with Crippen LogP contribution in [0.1, 0.15) is 36.8 Å². The number of aryl methyl sites for hydroxylation is 1. The standard InChI is InChI=1S/C17H28N2/c1-14-3-5-16(6-4-14)12-19(2)13-17-9-7-15(11-18)8-10-17/h3-6,15,17H,7-13,18H2,1-2H3. The number of hydrogen-bond acceptors (Lipinski definition) is 2. The summed E-state index contributed by atoms with van der Waals surface area (Å²) >= 11 is 0. The van der Waals surface area contributed by atoms with Gasteiger partial charge in [0.2, 0.25) is 0 Å². The summed E-state index contributed by atoms with van der Waals surface area (Å²) in [4.78, 5) is 2.47. The molecule has 0 atom stereocenters. The topological polar surface area (TPSA) is 29.3 Å². The summed E-state index contributed by atoms with van der Waals surface area (Å²) in [6.07, 6.45) is 5.39. The minimum Gasteiger partial charge on any atom is -0.330 e. The predicted octanol–water partition coefficient (Wildman–Crippen LogP) is 3.19. The van der Waals surface area contributed by atoms with Crippen LogP contribution < -0.4 is 5.73 Å². The minimum atomic E-state index is 0.790. The quantitative estimate of drug-likeness (QED) is 0.881. The lowest BCUT2D eigenvalue weighted by molar-refractivity contribution is 0.201. The van der Waals surface area contributed by atoms with Crippen LogP contribution in [0.5, 0.6) is 0 Å². The first-order valence-corrected chi connectivity index (χ1v) is 7.61. The Morgan fingerprint density at radius 3 is 2.21 bits per heavy atom. The van der Waals surface area contributed by atoms with E-state index in [4.69, 9.17) is 5.73 Å². The maximum absolute atomic E-state index is 5.75. The van der Waals surface area contributed by atoms with Gasteiger partial charge in [0.05, 0.1) is 0 Å². The van der Waals surface area contributed by atoms with Gasteiger partial charge in [0.25, 0.3) is 0 Å². The van der Waals surface area contributed by atoms with Crippen LogP contribution in [0.3, 0.4) is 0 Å². The number of rotatable bonds is 5. The van der Waals surface area contributed by atoms with Crippen molar-refractivity contribution < 1.29 is 0 Å². The van der Waals surface area contributed by atoms with Crippen molar-refractivity contribution in [3.05, 3.63) is 35.4 Å². The van der Waals surface area contributed by atoms with Gasteiger partial charge in [-0.2, -0.15) is 0 Å². The van der Waals surface area contributed by atoms with Crippen LogP contribution in [0.2, 0.25) is 0 Å². The largest absolute Gasteiger partial charge is 0.330 e. The molecule has 2 nitrogen and oxygen atoms in total. The third-order valence-corrected chi connectivity index (χ3v) is 4.44. The van der Waals surface area contributed by atoms with Gasteiger partial charge >= 0.3 is 0 Å². The molecule has 0 amide bonds. The highest BCUT2D eigenvalue weighted by Gasteiger charge is 2.21. The van der Waals surface area contributed by atoms with Gasteiger partial charge in [-0.25, -0.2) is 0 Å². The Labute approximate surface area is 118 Å². The summed E-state index contributed by atoms with van der Waals surface area (Å²) in [5.41, 5.74) is 8.51. The third-order valence-electron chi connectivity index (χ3n) is 4.44. The van der Waals surface area contributed by atoms with E-state index in [2.05, 4.69) is 43.1 Å². The van der Waals surface area contributed by atoms with Crippen LogP contribution in [-0.2, 0) is 6.54 Å². The van der Waals surface area contributed by atoms with E-state index in [1.165, 1.54) is 43.4 Å². The maximum Gasteiger partial charge on any atom is 0.0230 e. The van der Waals surface area contributed by atoms with Gasteiger partial charge < -0.3 is 10.6 Å². The molecule has 2 heteroatoms. The molecular formula is C17H28N2. The fraction of sp³-hybridized carbons (Fsp3) is 0.647. The smallest absolute Gasteiger partial charge is 0.0230 e. The molecule has 1 aliphatic rings. The second kappa shape index (κ2) is 7.06. The lowest BCUT2D eigenvalue weighted by Crippen LogP contribution is -2.29. The van der Waals surface area contributed by atoms with Crippen molar-refractivity contribution in [2.75, 3.05) is 20.1 Å². The van der Waals surface area contributed by atoms with Gasteiger partial charge in [0.15, 0.2) is 0 Å². The van der Waals surface area contributed by atoms with Gasteiger partial charge in [0.1, 0.15) is 0 Å². The molecule has 0 heterocycles. The molecule has 0 radical (unpaired) electrons. The molecule has 0 aromatic heterocycles. The zero-order valence-corrected chi connectivity index (χ0v) is 12.4. The molecule has 1 aromatic rings. The molecule has 2 rings (SSSR count). The first-order valence-electron chi connectivity index (χ1n) is 7.61. The maximum atomic E-state index is 5.75. The van der Waals surface area contributed by atoms with Gasteiger partial charge in [-0.3, -0.25) is 0 Å². The van der Waals surface area contributed by atoms with E-state index in [1.54, 1.807) is 0 Å². The molecular weight excluding hydrogens is 232 g/mol. The highest BCUT2D eigenvalue weighted by atomic mass is 15.1.